The smallest absolute Gasteiger partial charge is 0.320 e. The van der Waals surface area contributed by atoms with Crippen molar-refractivity contribution in [1.82, 2.24) is 10.6 Å². The van der Waals surface area contributed by atoms with Gasteiger partial charge in [-0.1, -0.05) is 21.6 Å². The molecule has 0 radical (unpaired) electrons. The summed E-state index contributed by atoms with van der Waals surface area (Å²) in [5, 5.41) is 23.0. The van der Waals surface area contributed by atoms with E-state index in [-0.39, 0.29) is 0 Å². The Morgan fingerprint density at radius 3 is 1.50 bits per heavy atom. The maximum absolute atomic E-state index is 10.7. The molecule has 0 aliphatic rings. The van der Waals surface area contributed by atoms with Crippen molar-refractivity contribution >= 4 is 33.5 Å². The van der Waals surface area contributed by atoms with Crippen LogP contribution in [0, 0.1) is 0 Å². The normalized spacial score (nSPS) is 14.1. The molecule has 0 aliphatic carbocycles. The molecule has 0 aliphatic heterocycles. The highest BCUT2D eigenvalue weighted by molar-refractivity contribution is 8.76. The minimum absolute atomic E-state index is 0.512. The topological polar surface area (TPSA) is 98.7 Å². The molecule has 0 heterocycles. The van der Waals surface area contributed by atoms with Crippen molar-refractivity contribution < 1.29 is 19.8 Å². The molecule has 0 saturated heterocycles. The standard InChI is InChI=1S/C10H20N2O4S2/c1-11-7(9(13)14)3-5-17-18-6-4-8(12-2)10(15)16/h7-8,11-12H,3-6H2,1-2H3,(H,13,14)(H,15,16). The number of aliphatic carboxylic acids is 2. The molecule has 0 amide bonds. The van der Waals surface area contributed by atoms with Crippen molar-refractivity contribution in [2.45, 2.75) is 24.9 Å². The molecule has 0 fully saturated rings. The zero-order valence-corrected chi connectivity index (χ0v) is 12.1. The van der Waals surface area contributed by atoms with Crippen LogP contribution in [0.4, 0.5) is 0 Å². The van der Waals surface area contributed by atoms with Gasteiger partial charge in [-0.3, -0.25) is 9.59 Å². The monoisotopic (exact) mass is 296 g/mol. The van der Waals surface area contributed by atoms with Gasteiger partial charge < -0.3 is 20.8 Å². The fourth-order valence-corrected chi connectivity index (χ4v) is 3.42. The highest BCUT2D eigenvalue weighted by atomic mass is 33.1. The average molecular weight is 296 g/mol. The van der Waals surface area contributed by atoms with Crippen molar-refractivity contribution in [2.75, 3.05) is 25.6 Å². The Morgan fingerprint density at radius 2 is 1.28 bits per heavy atom. The van der Waals surface area contributed by atoms with Crippen LogP contribution < -0.4 is 10.6 Å². The Labute approximate surface area is 115 Å². The summed E-state index contributed by atoms with van der Waals surface area (Å²) in [5.74, 6) is -0.243. The molecule has 0 rings (SSSR count). The summed E-state index contributed by atoms with van der Waals surface area (Å²) in [7, 11) is 6.39. The van der Waals surface area contributed by atoms with Gasteiger partial charge in [0.2, 0.25) is 0 Å². The van der Waals surface area contributed by atoms with Crippen LogP contribution in [-0.2, 0) is 9.59 Å². The molecule has 0 aromatic heterocycles. The van der Waals surface area contributed by atoms with Crippen LogP contribution in [0.15, 0.2) is 0 Å². The summed E-state index contributed by atoms with van der Waals surface area (Å²) < 4.78 is 0. The van der Waals surface area contributed by atoms with Crippen LogP contribution >= 0.6 is 21.6 Å². The van der Waals surface area contributed by atoms with Crippen LogP contribution in [0.5, 0.6) is 0 Å². The van der Waals surface area contributed by atoms with E-state index in [1.807, 2.05) is 0 Å². The Morgan fingerprint density at radius 1 is 0.944 bits per heavy atom. The molecular formula is C10H20N2O4S2. The van der Waals surface area contributed by atoms with E-state index < -0.39 is 24.0 Å². The Balaban J connectivity index is 3.56. The highest BCUT2D eigenvalue weighted by Crippen LogP contribution is 2.23. The molecule has 2 unspecified atom stereocenters. The fraction of sp³-hybridized carbons (Fsp3) is 0.800. The van der Waals surface area contributed by atoms with Crippen LogP contribution in [0.2, 0.25) is 0 Å². The minimum atomic E-state index is -0.843. The third kappa shape index (κ3) is 7.80. The van der Waals surface area contributed by atoms with E-state index in [0.717, 1.165) is 11.5 Å². The number of hydrogen-bond acceptors (Lipinski definition) is 6. The molecule has 2 atom stereocenters. The first-order valence-electron chi connectivity index (χ1n) is 5.57. The molecule has 18 heavy (non-hydrogen) atoms. The molecule has 0 aromatic carbocycles. The molecule has 106 valence electrons. The van der Waals surface area contributed by atoms with Gasteiger partial charge in [0.05, 0.1) is 0 Å². The summed E-state index contributed by atoms with van der Waals surface area (Å²) >= 11 is 0. The highest BCUT2D eigenvalue weighted by Gasteiger charge is 2.15. The maximum atomic E-state index is 10.7. The van der Waals surface area contributed by atoms with Gasteiger partial charge in [0, 0.05) is 11.5 Å². The van der Waals surface area contributed by atoms with Gasteiger partial charge in [-0.05, 0) is 26.9 Å². The zero-order valence-electron chi connectivity index (χ0n) is 10.5. The van der Waals surface area contributed by atoms with E-state index in [4.69, 9.17) is 10.2 Å². The van der Waals surface area contributed by atoms with Crippen molar-refractivity contribution in [2.24, 2.45) is 0 Å². The third-order valence-corrected chi connectivity index (χ3v) is 4.83. The number of likely N-dealkylation sites (N-methyl/N-ethyl adjacent to an activating group) is 2. The second-order valence-electron chi connectivity index (χ2n) is 3.58. The lowest BCUT2D eigenvalue weighted by Gasteiger charge is -2.11. The Bertz CT molecular complexity index is 240. The number of nitrogens with one attached hydrogen (secondary N) is 2. The summed E-state index contributed by atoms with van der Waals surface area (Å²) in [4.78, 5) is 21.4. The van der Waals surface area contributed by atoms with Gasteiger partial charge >= 0.3 is 11.9 Å². The second kappa shape index (κ2) is 10.5. The van der Waals surface area contributed by atoms with Gasteiger partial charge in [0.1, 0.15) is 12.1 Å². The van der Waals surface area contributed by atoms with E-state index in [1.54, 1.807) is 35.7 Å². The lowest BCUT2D eigenvalue weighted by molar-refractivity contribution is -0.140. The second-order valence-corrected chi connectivity index (χ2v) is 6.28. The first-order valence-corrected chi connectivity index (χ1v) is 8.06. The van der Waals surface area contributed by atoms with Crippen molar-refractivity contribution in [1.29, 1.82) is 0 Å². The minimum Gasteiger partial charge on any atom is -0.480 e. The molecule has 0 spiro atoms. The zero-order chi connectivity index (χ0) is 14.0. The summed E-state index contributed by atoms with van der Waals surface area (Å²) in [6.07, 6.45) is 1.11. The van der Waals surface area contributed by atoms with Crippen LogP contribution in [-0.4, -0.2) is 59.8 Å². The van der Waals surface area contributed by atoms with E-state index in [0.29, 0.717) is 12.8 Å². The Kier molecular flexibility index (Phi) is 10.2. The number of hydrogen-bond donors (Lipinski definition) is 4. The largest absolute Gasteiger partial charge is 0.480 e. The van der Waals surface area contributed by atoms with Gasteiger partial charge in [-0.2, -0.15) is 0 Å². The summed E-state index contributed by atoms with van der Waals surface area (Å²) in [6.45, 7) is 0. The molecule has 0 aromatic rings. The molecule has 4 N–H and O–H groups in total. The van der Waals surface area contributed by atoms with Crippen molar-refractivity contribution in [3.63, 3.8) is 0 Å². The molecule has 0 bridgehead atoms. The maximum Gasteiger partial charge on any atom is 0.320 e. The van der Waals surface area contributed by atoms with E-state index in [1.165, 1.54) is 0 Å². The van der Waals surface area contributed by atoms with Gasteiger partial charge in [0.15, 0.2) is 0 Å². The quantitative estimate of drug-likeness (QED) is 0.323. The lowest BCUT2D eigenvalue weighted by Crippen LogP contribution is -2.34. The Hall–Kier alpha value is -0.440. The SMILES string of the molecule is CNC(CCSSCCC(NC)C(=O)O)C(=O)O. The molecule has 8 heteroatoms. The third-order valence-electron chi connectivity index (χ3n) is 2.36. The van der Waals surface area contributed by atoms with Crippen LogP contribution in [0.25, 0.3) is 0 Å². The number of rotatable bonds is 11. The van der Waals surface area contributed by atoms with E-state index in [9.17, 15) is 9.59 Å². The molecule has 0 saturated carbocycles. The lowest BCUT2D eigenvalue weighted by atomic mass is 10.2. The van der Waals surface area contributed by atoms with Crippen LogP contribution in [0.1, 0.15) is 12.8 Å². The summed E-state index contributed by atoms with van der Waals surface area (Å²) in [6, 6.07) is -1.02. The fourth-order valence-electron chi connectivity index (χ4n) is 1.23. The number of carboxylic acid groups (broad SMARTS) is 2. The van der Waals surface area contributed by atoms with Crippen molar-refractivity contribution in [3.8, 4) is 0 Å². The van der Waals surface area contributed by atoms with Gasteiger partial charge in [0.25, 0.3) is 0 Å². The predicted molar refractivity (Wildman–Crippen MR) is 75.1 cm³/mol. The van der Waals surface area contributed by atoms with Crippen molar-refractivity contribution in [3.05, 3.63) is 0 Å². The van der Waals surface area contributed by atoms with Crippen LogP contribution in [0.3, 0.4) is 0 Å². The summed E-state index contributed by atoms with van der Waals surface area (Å²) in [5.41, 5.74) is 0. The average Bonchev–Trinajstić information content (AvgIpc) is 2.32. The number of carbonyl (C=O) groups is 2. The predicted octanol–water partition coefficient (Wildman–Crippen LogP) is 0.493. The molecular weight excluding hydrogens is 276 g/mol. The van der Waals surface area contributed by atoms with E-state index in [2.05, 4.69) is 10.6 Å². The van der Waals surface area contributed by atoms with Gasteiger partial charge in [-0.25, -0.2) is 0 Å². The first-order chi connectivity index (χ1) is 8.52. The van der Waals surface area contributed by atoms with E-state index >= 15 is 0 Å². The molecule has 6 nitrogen and oxygen atoms in total. The first kappa shape index (κ1) is 17.6. The number of carboxylic acids is 2. The van der Waals surface area contributed by atoms with Gasteiger partial charge in [-0.15, -0.1) is 0 Å².